The lowest BCUT2D eigenvalue weighted by Crippen LogP contribution is -2.40. The van der Waals surface area contributed by atoms with Crippen LogP contribution in [-0.2, 0) is 6.54 Å². The first-order chi connectivity index (χ1) is 15.5. The van der Waals surface area contributed by atoms with Crippen LogP contribution in [-0.4, -0.2) is 61.9 Å². The van der Waals surface area contributed by atoms with Crippen LogP contribution in [0.2, 0.25) is 0 Å². The smallest absolute Gasteiger partial charge is 0.194 e. The van der Waals surface area contributed by atoms with E-state index in [0.717, 1.165) is 5.56 Å². The summed E-state index contributed by atoms with van der Waals surface area (Å²) in [5.74, 6) is 0.230. The second-order valence-electron chi connectivity index (χ2n) is 7.87. The average Bonchev–Trinajstić information content (AvgIpc) is 2.78. The molecule has 2 aromatic rings. The third-order valence-corrected chi connectivity index (χ3v) is 5.45. The predicted octanol–water partition coefficient (Wildman–Crippen LogP) is 4.02. The molecule has 0 spiro atoms. The molecule has 33 heavy (non-hydrogen) atoms. The number of rotatable bonds is 8. The Balaban J connectivity index is 0.00000385. The number of hydrogen-bond acceptors (Lipinski definition) is 4. The summed E-state index contributed by atoms with van der Waals surface area (Å²) >= 11 is 0. The van der Waals surface area contributed by atoms with Gasteiger partial charge in [0.1, 0.15) is 12.4 Å². The topological polar surface area (TPSA) is 60.3 Å². The number of likely N-dealkylation sites (N-methyl/N-ethyl adjacent to an activating group) is 1. The quantitative estimate of drug-likeness (QED) is 0.284. The molecule has 1 aliphatic heterocycles. The van der Waals surface area contributed by atoms with E-state index >= 15 is 0 Å². The van der Waals surface area contributed by atoms with Crippen LogP contribution in [0.3, 0.4) is 0 Å². The van der Waals surface area contributed by atoms with Gasteiger partial charge in [0.25, 0.3) is 0 Å². The molecule has 1 heterocycles. The number of anilines is 1. The lowest BCUT2D eigenvalue weighted by atomic mass is 10.1. The molecule has 1 aliphatic rings. The number of aliphatic hydroxyl groups is 1. The van der Waals surface area contributed by atoms with Crippen molar-refractivity contribution in [3.63, 3.8) is 0 Å². The molecule has 3 rings (SSSR count). The molecule has 0 unspecified atom stereocenters. The number of piperidine rings is 1. The van der Waals surface area contributed by atoms with E-state index in [-0.39, 0.29) is 47.5 Å². The molecule has 0 radical (unpaired) electrons. The van der Waals surface area contributed by atoms with Crippen LogP contribution in [0, 0.1) is 11.6 Å². The number of ether oxygens (including phenoxy) is 1. The highest BCUT2D eigenvalue weighted by molar-refractivity contribution is 14.0. The van der Waals surface area contributed by atoms with Crippen LogP contribution in [0.4, 0.5) is 14.5 Å². The van der Waals surface area contributed by atoms with E-state index in [1.165, 1.54) is 12.1 Å². The van der Waals surface area contributed by atoms with Crippen molar-refractivity contribution in [2.24, 2.45) is 4.99 Å². The molecule has 2 N–H and O–H groups in total. The monoisotopic (exact) mass is 574 g/mol. The molecular weight excluding hydrogens is 541 g/mol. The lowest BCUT2D eigenvalue weighted by molar-refractivity contribution is 0.145. The van der Waals surface area contributed by atoms with Gasteiger partial charge in [-0.05, 0) is 49.6 Å². The fourth-order valence-electron chi connectivity index (χ4n) is 3.61. The Morgan fingerprint density at radius 2 is 1.91 bits per heavy atom. The van der Waals surface area contributed by atoms with Crippen molar-refractivity contribution >= 4 is 35.6 Å². The number of halogens is 3. The molecule has 0 aliphatic carbocycles. The summed E-state index contributed by atoms with van der Waals surface area (Å²) in [6.45, 7) is 5.11. The Morgan fingerprint density at radius 1 is 1.18 bits per heavy atom. The molecule has 1 saturated heterocycles. The third kappa shape index (κ3) is 7.99. The molecule has 0 bridgehead atoms. The maximum Gasteiger partial charge on any atom is 0.194 e. The van der Waals surface area contributed by atoms with Crippen LogP contribution in [0.15, 0.2) is 47.5 Å². The van der Waals surface area contributed by atoms with Gasteiger partial charge in [-0.2, -0.15) is 0 Å². The van der Waals surface area contributed by atoms with Crippen LogP contribution >= 0.6 is 24.0 Å². The van der Waals surface area contributed by atoms with Crippen LogP contribution < -0.4 is 15.0 Å². The van der Waals surface area contributed by atoms with Gasteiger partial charge in [-0.15, -0.1) is 24.0 Å². The first-order valence-corrected chi connectivity index (χ1v) is 11.1. The zero-order valence-corrected chi connectivity index (χ0v) is 21.5. The maximum atomic E-state index is 14.7. The highest BCUT2D eigenvalue weighted by atomic mass is 127. The summed E-state index contributed by atoms with van der Waals surface area (Å²) < 4.78 is 33.9. The predicted molar refractivity (Wildman–Crippen MR) is 139 cm³/mol. The normalized spacial score (nSPS) is 14.6. The SMILES string of the molecule is CCNC(=NCc1ccc(N2CCC(O)CC2)c(F)c1)N(C)CCOc1ccccc1F.I. The Labute approximate surface area is 211 Å². The Bertz CT molecular complexity index is 908. The van der Waals surface area contributed by atoms with E-state index in [4.69, 9.17) is 4.74 Å². The van der Waals surface area contributed by atoms with Crippen molar-refractivity contribution in [2.75, 3.05) is 44.7 Å². The minimum atomic E-state index is -0.387. The fourth-order valence-corrected chi connectivity index (χ4v) is 3.61. The van der Waals surface area contributed by atoms with Gasteiger partial charge in [-0.3, -0.25) is 0 Å². The number of nitrogens with zero attached hydrogens (tertiary/aromatic N) is 3. The molecule has 182 valence electrons. The highest BCUT2D eigenvalue weighted by Gasteiger charge is 2.19. The largest absolute Gasteiger partial charge is 0.489 e. The van der Waals surface area contributed by atoms with Gasteiger partial charge >= 0.3 is 0 Å². The summed E-state index contributed by atoms with van der Waals surface area (Å²) in [5, 5.41) is 12.9. The van der Waals surface area contributed by atoms with E-state index in [0.29, 0.717) is 63.8 Å². The molecule has 0 amide bonds. The summed E-state index contributed by atoms with van der Waals surface area (Å²) in [6.07, 6.45) is 1.02. The van der Waals surface area contributed by atoms with Crippen molar-refractivity contribution in [1.29, 1.82) is 0 Å². The van der Waals surface area contributed by atoms with Gasteiger partial charge in [-0.25, -0.2) is 13.8 Å². The van der Waals surface area contributed by atoms with Crippen molar-refractivity contribution in [1.82, 2.24) is 10.2 Å². The van der Waals surface area contributed by atoms with Gasteiger partial charge in [-0.1, -0.05) is 18.2 Å². The number of benzene rings is 2. The molecule has 9 heteroatoms. The zero-order valence-electron chi connectivity index (χ0n) is 19.1. The number of para-hydroxylation sites is 1. The summed E-state index contributed by atoms with van der Waals surface area (Å²) in [7, 11) is 1.88. The van der Waals surface area contributed by atoms with Crippen LogP contribution in [0.25, 0.3) is 0 Å². The number of aliphatic imine (C=N–C) groups is 1. The molecular formula is C24H33F2IN4O2. The first-order valence-electron chi connectivity index (χ1n) is 11.1. The van der Waals surface area contributed by atoms with Crippen molar-refractivity contribution < 1.29 is 18.6 Å². The Morgan fingerprint density at radius 3 is 2.58 bits per heavy atom. The standard InChI is InChI=1S/C24H32F2N4O2.HI/c1-3-27-24(29(2)14-15-32-23-7-5-4-6-20(23)25)28-17-18-8-9-22(21(26)16-18)30-12-10-19(31)11-13-30;/h4-9,16,19,31H,3,10-15,17H2,1-2H3,(H,27,28);1H. The lowest BCUT2D eigenvalue weighted by Gasteiger charge is -2.31. The van der Waals surface area contributed by atoms with Gasteiger partial charge in [0.2, 0.25) is 0 Å². The molecule has 0 saturated carbocycles. The van der Waals surface area contributed by atoms with E-state index in [2.05, 4.69) is 10.3 Å². The summed E-state index contributed by atoms with van der Waals surface area (Å²) in [5.41, 5.74) is 1.34. The number of nitrogens with one attached hydrogen (secondary N) is 1. The number of aliphatic hydroxyl groups excluding tert-OH is 1. The van der Waals surface area contributed by atoms with E-state index in [1.807, 2.05) is 29.8 Å². The first kappa shape index (κ1) is 27.1. The van der Waals surface area contributed by atoms with E-state index in [1.54, 1.807) is 24.3 Å². The molecule has 1 fully saturated rings. The van der Waals surface area contributed by atoms with Crippen LogP contribution in [0.1, 0.15) is 25.3 Å². The van der Waals surface area contributed by atoms with Crippen molar-refractivity contribution in [3.05, 3.63) is 59.7 Å². The Hall–Kier alpha value is -2.14. The molecule has 0 atom stereocenters. The highest BCUT2D eigenvalue weighted by Crippen LogP contribution is 2.24. The maximum absolute atomic E-state index is 14.7. The van der Waals surface area contributed by atoms with Gasteiger partial charge in [0.05, 0.1) is 24.9 Å². The summed E-state index contributed by atoms with van der Waals surface area (Å²) in [4.78, 5) is 8.48. The van der Waals surface area contributed by atoms with E-state index < -0.39 is 0 Å². The average molecular weight is 574 g/mol. The minimum absolute atomic E-state index is 0. The fraction of sp³-hybridized carbons (Fsp3) is 0.458. The van der Waals surface area contributed by atoms with E-state index in [9.17, 15) is 13.9 Å². The van der Waals surface area contributed by atoms with Crippen LogP contribution in [0.5, 0.6) is 5.75 Å². The zero-order chi connectivity index (χ0) is 22.9. The van der Waals surface area contributed by atoms with Crippen molar-refractivity contribution in [2.45, 2.75) is 32.4 Å². The van der Waals surface area contributed by atoms with Gasteiger partial charge < -0.3 is 25.0 Å². The van der Waals surface area contributed by atoms with Gasteiger partial charge in [0.15, 0.2) is 17.5 Å². The molecule has 0 aromatic heterocycles. The van der Waals surface area contributed by atoms with Crippen molar-refractivity contribution in [3.8, 4) is 5.75 Å². The number of guanidine groups is 1. The summed E-state index contributed by atoms with van der Waals surface area (Å²) in [6, 6.07) is 11.5. The molecule has 2 aromatic carbocycles. The number of hydrogen-bond donors (Lipinski definition) is 2. The molecule has 6 nitrogen and oxygen atoms in total. The Kier molecular flexibility index (Phi) is 11.1. The van der Waals surface area contributed by atoms with Gasteiger partial charge in [0, 0.05) is 26.7 Å². The third-order valence-electron chi connectivity index (χ3n) is 5.45. The second kappa shape index (κ2) is 13.5. The second-order valence-corrected chi connectivity index (χ2v) is 7.87. The minimum Gasteiger partial charge on any atom is -0.489 e.